The SMILES string of the molecule is CN=C(NCCCOCCOC)NCCC(=O)N(C)Cc1ccccc1.I. The average Bonchev–Trinajstić information content (AvgIpc) is 2.66. The number of rotatable bonds is 12. The molecule has 0 bridgehead atoms. The molecular formula is C19H33IN4O3. The number of benzene rings is 1. The third-order valence-electron chi connectivity index (χ3n) is 3.73. The van der Waals surface area contributed by atoms with Crippen molar-refractivity contribution in [1.29, 1.82) is 0 Å². The molecule has 0 unspecified atom stereocenters. The van der Waals surface area contributed by atoms with Gasteiger partial charge in [0.05, 0.1) is 13.2 Å². The van der Waals surface area contributed by atoms with Crippen molar-refractivity contribution < 1.29 is 14.3 Å². The van der Waals surface area contributed by atoms with Gasteiger partial charge in [-0.15, -0.1) is 24.0 Å². The molecule has 0 atom stereocenters. The van der Waals surface area contributed by atoms with Crippen LogP contribution in [0.25, 0.3) is 0 Å². The summed E-state index contributed by atoms with van der Waals surface area (Å²) < 4.78 is 10.3. The molecule has 1 aromatic carbocycles. The van der Waals surface area contributed by atoms with Gasteiger partial charge >= 0.3 is 0 Å². The summed E-state index contributed by atoms with van der Waals surface area (Å²) in [7, 11) is 5.20. The molecule has 1 aromatic rings. The molecule has 0 saturated heterocycles. The summed E-state index contributed by atoms with van der Waals surface area (Å²) in [4.78, 5) is 18.1. The molecule has 0 heterocycles. The Bertz CT molecular complexity index is 529. The molecule has 0 radical (unpaired) electrons. The number of halogens is 1. The van der Waals surface area contributed by atoms with Crippen LogP contribution in [-0.2, 0) is 20.8 Å². The minimum atomic E-state index is 0. The van der Waals surface area contributed by atoms with E-state index in [1.807, 2.05) is 37.4 Å². The maximum absolute atomic E-state index is 12.2. The van der Waals surface area contributed by atoms with E-state index in [9.17, 15) is 4.79 Å². The van der Waals surface area contributed by atoms with E-state index in [2.05, 4.69) is 15.6 Å². The Labute approximate surface area is 179 Å². The second-order valence-electron chi connectivity index (χ2n) is 5.87. The van der Waals surface area contributed by atoms with Gasteiger partial charge in [-0.3, -0.25) is 9.79 Å². The fourth-order valence-corrected chi connectivity index (χ4v) is 2.27. The lowest BCUT2D eigenvalue weighted by Gasteiger charge is -2.18. The monoisotopic (exact) mass is 492 g/mol. The second-order valence-corrected chi connectivity index (χ2v) is 5.87. The van der Waals surface area contributed by atoms with Gasteiger partial charge < -0.3 is 25.0 Å². The van der Waals surface area contributed by atoms with Crippen LogP contribution in [0.1, 0.15) is 18.4 Å². The van der Waals surface area contributed by atoms with Crippen LogP contribution in [0.4, 0.5) is 0 Å². The zero-order chi connectivity index (χ0) is 19.0. The summed E-state index contributed by atoms with van der Waals surface area (Å²) in [5.41, 5.74) is 1.13. The second kappa shape index (κ2) is 16.8. The summed E-state index contributed by atoms with van der Waals surface area (Å²) in [6.45, 7) is 3.83. The molecule has 0 saturated carbocycles. The van der Waals surface area contributed by atoms with E-state index in [1.54, 1.807) is 19.1 Å². The molecule has 0 fully saturated rings. The third kappa shape index (κ3) is 12.6. The number of hydrogen-bond donors (Lipinski definition) is 2. The smallest absolute Gasteiger partial charge is 0.224 e. The molecule has 0 spiro atoms. The Kier molecular flexibility index (Phi) is 15.9. The van der Waals surface area contributed by atoms with Crippen LogP contribution in [0.5, 0.6) is 0 Å². The molecule has 0 aliphatic heterocycles. The number of aliphatic imine (C=N–C) groups is 1. The number of carbonyl (C=O) groups excluding carboxylic acids is 1. The molecule has 1 rings (SSSR count). The van der Waals surface area contributed by atoms with Gasteiger partial charge in [0.25, 0.3) is 0 Å². The molecule has 7 nitrogen and oxygen atoms in total. The Morgan fingerprint density at radius 1 is 1.11 bits per heavy atom. The molecule has 0 aromatic heterocycles. The summed E-state index contributed by atoms with van der Waals surface area (Å²) >= 11 is 0. The Morgan fingerprint density at radius 3 is 2.48 bits per heavy atom. The van der Waals surface area contributed by atoms with E-state index in [0.29, 0.717) is 45.3 Å². The van der Waals surface area contributed by atoms with Gasteiger partial charge in [-0.2, -0.15) is 0 Å². The number of amides is 1. The van der Waals surface area contributed by atoms with Gasteiger partial charge in [0, 0.05) is 53.9 Å². The quantitative estimate of drug-likeness (QED) is 0.202. The number of nitrogens with one attached hydrogen (secondary N) is 2. The van der Waals surface area contributed by atoms with Crippen molar-refractivity contribution in [3.63, 3.8) is 0 Å². The molecule has 0 aliphatic rings. The van der Waals surface area contributed by atoms with Crippen LogP contribution in [0, 0.1) is 0 Å². The largest absolute Gasteiger partial charge is 0.382 e. The van der Waals surface area contributed by atoms with Crippen molar-refractivity contribution in [3.05, 3.63) is 35.9 Å². The van der Waals surface area contributed by atoms with Crippen molar-refractivity contribution >= 4 is 35.8 Å². The molecule has 154 valence electrons. The predicted octanol–water partition coefficient (Wildman–Crippen LogP) is 1.87. The van der Waals surface area contributed by atoms with E-state index in [4.69, 9.17) is 9.47 Å². The number of hydrogen-bond acceptors (Lipinski definition) is 4. The normalized spacial score (nSPS) is 10.9. The minimum Gasteiger partial charge on any atom is -0.382 e. The summed E-state index contributed by atoms with van der Waals surface area (Å²) in [5, 5.41) is 6.37. The average molecular weight is 492 g/mol. The van der Waals surface area contributed by atoms with Crippen LogP contribution < -0.4 is 10.6 Å². The zero-order valence-corrected chi connectivity index (χ0v) is 18.9. The van der Waals surface area contributed by atoms with Crippen LogP contribution in [0.3, 0.4) is 0 Å². The van der Waals surface area contributed by atoms with Gasteiger partial charge in [-0.1, -0.05) is 30.3 Å². The Morgan fingerprint density at radius 2 is 1.81 bits per heavy atom. The van der Waals surface area contributed by atoms with Crippen molar-refractivity contribution in [2.75, 3.05) is 54.1 Å². The number of methoxy groups -OCH3 is 1. The van der Waals surface area contributed by atoms with Gasteiger partial charge in [0.2, 0.25) is 5.91 Å². The molecule has 0 aliphatic carbocycles. The molecule has 8 heteroatoms. The van der Waals surface area contributed by atoms with Gasteiger partial charge in [0.15, 0.2) is 5.96 Å². The molecule has 2 N–H and O–H groups in total. The van der Waals surface area contributed by atoms with E-state index in [0.717, 1.165) is 18.5 Å². The van der Waals surface area contributed by atoms with E-state index >= 15 is 0 Å². The van der Waals surface area contributed by atoms with Gasteiger partial charge in [-0.05, 0) is 12.0 Å². The maximum atomic E-state index is 12.2. The summed E-state index contributed by atoms with van der Waals surface area (Å²) in [6.07, 6.45) is 1.30. The summed E-state index contributed by atoms with van der Waals surface area (Å²) in [5.74, 6) is 0.795. The van der Waals surface area contributed by atoms with Crippen LogP contribution in [-0.4, -0.2) is 70.9 Å². The van der Waals surface area contributed by atoms with E-state index < -0.39 is 0 Å². The van der Waals surface area contributed by atoms with Crippen molar-refractivity contribution in [2.24, 2.45) is 4.99 Å². The lowest BCUT2D eigenvalue weighted by Crippen LogP contribution is -2.40. The van der Waals surface area contributed by atoms with Crippen LogP contribution >= 0.6 is 24.0 Å². The molecule has 1 amide bonds. The first-order valence-corrected chi connectivity index (χ1v) is 8.96. The lowest BCUT2D eigenvalue weighted by atomic mass is 10.2. The number of carbonyl (C=O) groups is 1. The third-order valence-corrected chi connectivity index (χ3v) is 3.73. The highest BCUT2D eigenvalue weighted by molar-refractivity contribution is 14.0. The lowest BCUT2D eigenvalue weighted by molar-refractivity contribution is -0.130. The fourth-order valence-electron chi connectivity index (χ4n) is 2.27. The highest BCUT2D eigenvalue weighted by Gasteiger charge is 2.09. The van der Waals surface area contributed by atoms with Crippen LogP contribution in [0.2, 0.25) is 0 Å². The topological polar surface area (TPSA) is 75.2 Å². The fraction of sp³-hybridized carbons (Fsp3) is 0.579. The summed E-state index contributed by atoms with van der Waals surface area (Å²) in [6, 6.07) is 9.97. The molecular weight excluding hydrogens is 459 g/mol. The number of nitrogens with zero attached hydrogens (tertiary/aromatic N) is 2. The van der Waals surface area contributed by atoms with Crippen molar-refractivity contribution in [1.82, 2.24) is 15.5 Å². The number of guanidine groups is 1. The van der Waals surface area contributed by atoms with Gasteiger partial charge in [-0.25, -0.2) is 0 Å². The first-order chi connectivity index (χ1) is 12.7. The zero-order valence-electron chi connectivity index (χ0n) is 16.6. The highest BCUT2D eigenvalue weighted by atomic mass is 127. The van der Waals surface area contributed by atoms with Crippen molar-refractivity contribution in [2.45, 2.75) is 19.4 Å². The first-order valence-electron chi connectivity index (χ1n) is 8.96. The number of ether oxygens (including phenoxy) is 2. The minimum absolute atomic E-state index is 0. The standard InChI is InChI=1S/C19H32N4O3.HI/c1-20-19(21-11-7-13-26-15-14-25-3)22-12-10-18(24)23(2)16-17-8-5-4-6-9-17;/h4-6,8-9H,7,10-16H2,1-3H3,(H2,20,21,22);1H. The van der Waals surface area contributed by atoms with Gasteiger partial charge in [0.1, 0.15) is 0 Å². The Balaban J connectivity index is 0.00000676. The first kappa shape index (κ1) is 25.6. The van der Waals surface area contributed by atoms with E-state index in [1.165, 1.54) is 0 Å². The van der Waals surface area contributed by atoms with Crippen molar-refractivity contribution in [3.8, 4) is 0 Å². The van der Waals surface area contributed by atoms with E-state index in [-0.39, 0.29) is 29.9 Å². The Hall–Kier alpha value is -1.39. The maximum Gasteiger partial charge on any atom is 0.224 e. The van der Waals surface area contributed by atoms with Crippen LogP contribution in [0.15, 0.2) is 35.3 Å². The predicted molar refractivity (Wildman–Crippen MR) is 120 cm³/mol. The molecule has 27 heavy (non-hydrogen) atoms. The highest BCUT2D eigenvalue weighted by Crippen LogP contribution is 2.03.